The van der Waals surface area contributed by atoms with Gasteiger partial charge in [-0.15, -0.1) is 5.10 Å². The van der Waals surface area contributed by atoms with Gasteiger partial charge in [-0.2, -0.15) is 0 Å². The van der Waals surface area contributed by atoms with Crippen molar-refractivity contribution in [3.63, 3.8) is 0 Å². The summed E-state index contributed by atoms with van der Waals surface area (Å²) in [6.07, 6.45) is 3.45. The molecule has 0 fully saturated rings. The lowest BCUT2D eigenvalue weighted by Gasteiger charge is -2.05. The smallest absolute Gasteiger partial charge is 0.270 e. The number of hydrogen-bond donors (Lipinski definition) is 1. The van der Waals surface area contributed by atoms with E-state index in [9.17, 15) is 4.79 Å². The molecule has 0 aliphatic carbocycles. The predicted molar refractivity (Wildman–Crippen MR) is 79.9 cm³/mol. The van der Waals surface area contributed by atoms with Crippen molar-refractivity contribution in [3.8, 4) is 0 Å². The van der Waals surface area contributed by atoms with Crippen LogP contribution in [0.1, 0.15) is 6.92 Å². The minimum Gasteiger partial charge on any atom is -0.270 e. The maximum absolute atomic E-state index is 11.6. The fourth-order valence-corrected chi connectivity index (χ4v) is 3.13. The van der Waals surface area contributed by atoms with E-state index >= 15 is 0 Å². The second kappa shape index (κ2) is 5.37. The van der Waals surface area contributed by atoms with Gasteiger partial charge in [-0.05, 0) is 46.7 Å². The van der Waals surface area contributed by atoms with Crippen LogP contribution in [-0.2, 0) is 6.54 Å². The molecule has 8 heteroatoms. The van der Waals surface area contributed by atoms with Crippen LogP contribution in [0.4, 0.5) is 0 Å². The van der Waals surface area contributed by atoms with Crippen molar-refractivity contribution in [2.45, 2.75) is 23.5 Å². The fraction of sp³-hybridized carbons (Fsp3) is 0.167. The molecule has 3 aromatic heterocycles. The molecular formula is C12H10BrN5OS. The maximum Gasteiger partial charge on any atom is 0.343 e. The minimum atomic E-state index is -0.205. The normalized spacial score (nSPS) is 11.1. The van der Waals surface area contributed by atoms with Gasteiger partial charge in [0.1, 0.15) is 5.52 Å². The maximum atomic E-state index is 11.6. The molecule has 0 radical (unpaired) electrons. The molecule has 0 aliphatic heterocycles. The lowest BCUT2D eigenvalue weighted by Crippen LogP contribution is -2.16. The van der Waals surface area contributed by atoms with Gasteiger partial charge in [0, 0.05) is 28.3 Å². The molecule has 3 aromatic rings. The topological polar surface area (TPSA) is 76.5 Å². The van der Waals surface area contributed by atoms with Gasteiger partial charge >= 0.3 is 5.69 Å². The van der Waals surface area contributed by atoms with E-state index in [0.717, 1.165) is 20.4 Å². The summed E-state index contributed by atoms with van der Waals surface area (Å²) in [7, 11) is 0. The van der Waals surface area contributed by atoms with Gasteiger partial charge < -0.3 is 0 Å². The summed E-state index contributed by atoms with van der Waals surface area (Å²) in [6, 6.07) is 3.77. The van der Waals surface area contributed by atoms with Crippen molar-refractivity contribution in [3.05, 3.63) is 39.5 Å². The Morgan fingerprint density at radius 2 is 2.30 bits per heavy atom. The molecule has 0 aromatic carbocycles. The Morgan fingerprint density at radius 1 is 1.45 bits per heavy atom. The van der Waals surface area contributed by atoms with Crippen LogP contribution in [0.5, 0.6) is 0 Å². The summed E-state index contributed by atoms with van der Waals surface area (Å²) in [5.74, 6) is 0. The van der Waals surface area contributed by atoms with E-state index in [0.29, 0.717) is 11.7 Å². The van der Waals surface area contributed by atoms with Crippen LogP contribution < -0.4 is 5.69 Å². The summed E-state index contributed by atoms with van der Waals surface area (Å²) in [6.45, 7) is 2.47. The Labute approximate surface area is 126 Å². The van der Waals surface area contributed by atoms with Gasteiger partial charge in [0.25, 0.3) is 0 Å². The highest BCUT2D eigenvalue weighted by Crippen LogP contribution is 2.30. The Hall–Kier alpha value is -1.67. The molecule has 0 atom stereocenters. The third kappa shape index (κ3) is 2.36. The number of rotatable bonds is 3. The quantitative estimate of drug-likeness (QED) is 0.784. The number of pyridine rings is 2. The fourth-order valence-electron chi connectivity index (χ4n) is 1.82. The van der Waals surface area contributed by atoms with E-state index in [1.807, 2.05) is 19.1 Å². The first kappa shape index (κ1) is 13.3. The molecule has 0 spiro atoms. The average molecular weight is 352 g/mol. The van der Waals surface area contributed by atoms with Gasteiger partial charge in [0.2, 0.25) is 0 Å². The van der Waals surface area contributed by atoms with Gasteiger partial charge in [0.15, 0.2) is 5.16 Å². The largest absolute Gasteiger partial charge is 0.343 e. The molecule has 0 bridgehead atoms. The zero-order valence-electron chi connectivity index (χ0n) is 10.5. The first-order valence-electron chi connectivity index (χ1n) is 5.92. The predicted octanol–water partition coefficient (Wildman–Crippen LogP) is 2.45. The van der Waals surface area contributed by atoms with Gasteiger partial charge in [-0.25, -0.2) is 9.89 Å². The van der Waals surface area contributed by atoms with Gasteiger partial charge in [-0.1, -0.05) is 0 Å². The number of fused-ring (bicyclic) bond motifs is 1. The number of nitrogens with one attached hydrogen (secondary N) is 1. The third-order valence-corrected chi connectivity index (χ3v) is 4.23. The van der Waals surface area contributed by atoms with Crippen LogP contribution in [0.3, 0.4) is 0 Å². The third-order valence-electron chi connectivity index (χ3n) is 2.75. The highest BCUT2D eigenvalue weighted by Gasteiger charge is 2.11. The van der Waals surface area contributed by atoms with Crippen molar-refractivity contribution < 1.29 is 0 Å². The second-order valence-electron chi connectivity index (χ2n) is 3.99. The zero-order valence-corrected chi connectivity index (χ0v) is 12.9. The minimum absolute atomic E-state index is 0.205. The van der Waals surface area contributed by atoms with E-state index in [-0.39, 0.29) is 5.69 Å². The van der Waals surface area contributed by atoms with E-state index in [1.54, 1.807) is 17.0 Å². The highest BCUT2D eigenvalue weighted by molar-refractivity contribution is 9.10. The summed E-state index contributed by atoms with van der Waals surface area (Å²) in [5.41, 5.74) is 1.38. The van der Waals surface area contributed by atoms with Crippen molar-refractivity contribution in [1.82, 2.24) is 24.7 Å². The summed E-state index contributed by atoms with van der Waals surface area (Å²) < 4.78 is 2.46. The Kier molecular flexibility index (Phi) is 3.58. The van der Waals surface area contributed by atoms with E-state index in [4.69, 9.17) is 0 Å². The van der Waals surface area contributed by atoms with Crippen LogP contribution in [-0.4, -0.2) is 24.7 Å². The molecule has 6 nitrogen and oxygen atoms in total. The summed E-state index contributed by atoms with van der Waals surface area (Å²) in [5, 5.41) is 7.12. The van der Waals surface area contributed by atoms with Crippen molar-refractivity contribution in [2.75, 3.05) is 0 Å². The SMILES string of the molecule is CCn1c(Sc2ccnc3cc(Br)cnc23)n[nH]c1=O. The van der Waals surface area contributed by atoms with E-state index in [2.05, 4.69) is 36.1 Å². The van der Waals surface area contributed by atoms with Crippen LogP contribution in [0.2, 0.25) is 0 Å². The molecule has 0 saturated heterocycles. The molecule has 3 rings (SSSR count). The molecule has 102 valence electrons. The van der Waals surface area contributed by atoms with Crippen molar-refractivity contribution >= 4 is 38.7 Å². The molecule has 20 heavy (non-hydrogen) atoms. The molecule has 0 unspecified atom stereocenters. The molecule has 1 N–H and O–H groups in total. The molecular weight excluding hydrogens is 342 g/mol. The van der Waals surface area contributed by atoms with Crippen LogP contribution in [0.25, 0.3) is 11.0 Å². The van der Waals surface area contributed by atoms with Crippen LogP contribution >= 0.6 is 27.7 Å². The number of aromatic amines is 1. The number of nitrogens with zero attached hydrogens (tertiary/aromatic N) is 4. The zero-order chi connectivity index (χ0) is 14.1. The first-order chi connectivity index (χ1) is 9.69. The number of halogens is 1. The monoisotopic (exact) mass is 351 g/mol. The lowest BCUT2D eigenvalue weighted by atomic mass is 10.3. The Morgan fingerprint density at radius 3 is 3.10 bits per heavy atom. The first-order valence-corrected chi connectivity index (χ1v) is 7.53. The summed E-state index contributed by atoms with van der Waals surface area (Å²) in [4.78, 5) is 21.2. The van der Waals surface area contributed by atoms with Gasteiger partial charge in [-0.3, -0.25) is 14.5 Å². The molecule has 0 aliphatic rings. The molecule has 0 amide bonds. The standard InChI is InChI=1S/C12H10BrN5OS/c1-2-18-11(19)16-17-12(18)20-9-3-4-14-8-5-7(13)6-15-10(8)9/h3-6H,2H2,1H3,(H,16,19). The van der Waals surface area contributed by atoms with Gasteiger partial charge in [0.05, 0.1) is 5.52 Å². The summed E-state index contributed by atoms with van der Waals surface area (Å²) >= 11 is 4.78. The number of H-pyrrole nitrogens is 1. The number of aromatic nitrogens is 5. The molecule has 3 heterocycles. The average Bonchev–Trinajstić information content (AvgIpc) is 2.79. The number of hydrogen-bond acceptors (Lipinski definition) is 5. The van der Waals surface area contributed by atoms with E-state index in [1.165, 1.54) is 11.8 Å². The molecule has 0 saturated carbocycles. The van der Waals surface area contributed by atoms with Crippen LogP contribution in [0.15, 0.2) is 43.8 Å². The Bertz CT molecular complexity index is 828. The highest BCUT2D eigenvalue weighted by atomic mass is 79.9. The van der Waals surface area contributed by atoms with Crippen molar-refractivity contribution in [2.24, 2.45) is 0 Å². The Balaban J connectivity index is 2.09. The second-order valence-corrected chi connectivity index (χ2v) is 5.91. The van der Waals surface area contributed by atoms with Crippen LogP contribution in [0, 0.1) is 0 Å². The van der Waals surface area contributed by atoms with E-state index < -0.39 is 0 Å². The van der Waals surface area contributed by atoms with Crippen molar-refractivity contribution in [1.29, 1.82) is 0 Å². The lowest BCUT2D eigenvalue weighted by molar-refractivity contribution is 0.660.